The first kappa shape index (κ1) is 25.6. The number of nitrogens with one attached hydrogen (secondary N) is 1. The Balaban J connectivity index is 0.000000384. The maximum Gasteiger partial charge on any atom is 0.430 e. The largest absolute Gasteiger partial charge is 0.542 e. The van der Waals surface area contributed by atoms with E-state index in [0.29, 0.717) is 22.9 Å². The van der Waals surface area contributed by atoms with Crippen molar-refractivity contribution in [3.63, 3.8) is 0 Å². The zero-order valence-corrected chi connectivity index (χ0v) is 20.4. The van der Waals surface area contributed by atoms with E-state index in [1.165, 1.54) is 4.90 Å². The average molecular weight is 564 g/mol. The predicted octanol–water partition coefficient (Wildman–Crippen LogP) is 2.84. The summed E-state index contributed by atoms with van der Waals surface area (Å²) in [7, 11) is 0. The van der Waals surface area contributed by atoms with Crippen molar-refractivity contribution in [2.45, 2.75) is 25.1 Å². The number of anilines is 2. The number of carbonyl (C=O) groups is 3. The number of piperidine rings is 1. The maximum absolute atomic E-state index is 13.3. The number of carboxylic acids is 1. The summed E-state index contributed by atoms with van der Waals surface area (Å²) in [6.07, 6.45) is -2.98. The van der Waals surface area contributed by atoms with Crippen LogP contribution in [0.2, 0.25) is 0 Å². The molecule has 0 radical (unpaired) electrons. The highest BCUT2D eigenvalue weighted by Gasteiger charge is 2.34. The van der Waals surface area contributed by atoms with Gasteiger partial charge in [0.05, 0.1) is 18.8 Å². The normalized spacial score (nSPS) is 15.9. The number of imide groups is 1. The third-order valence-electron chi connectivity index (χ3n) is 6.00. The summed E-state index contributed by atoms with van der Waals surface area (Å²) in [5, 5.41) is 16.5. The first-order valence-corrected chi connectivity index (χ1v) is 11.9. The topological polar surface area (TPSA) is 106 Å². The SMILES string of the molecule is O=C([O-])C(F)(F)F.O=C1c2cccc3c(NC4CC[NH2+]CC4)ccc(c23)C(=O)N1c1cccc(Br)c1. The van der Waals surface area contributed by atoms with Gasteiger partial charge in [-0.25, -0.2) is 4.90 Å². The summed E-state index contributed by atoms with van der Waals surface area (Å²) in [5.41, 5.74) is 2.70. The van der Waals surface area contributed by atoms with Gasteiger partial charge in [-0.05, 0) is 36.4 Å². The lowest BCUT2D eigenvalue weighted by atomic mass is 9.92. The summed E-state index contributed by atoms with van der Waals surface area (Å²) in [4.78, 5) is 36.6. The highest BCUT2D eigenvalue weighted by Crippen LogP contribution is 2.37. The lowest BCUT2D eigenvalue weighted by Crippen LogP contribution is -2.87. The van der Waals surface area contributed by atoms with Gasteiger partial charge in [-0.3, -0.25) is 9.59 Å². The molecular formula is C25H21BrF3N3O4. The van der Waals surface area contributed by atoms with E-state index in [9.17, 15) is 22.8 Å². The van der Waals surface area contributed by atoms with Crippen molar-refractivity contribution in [2.75, 3.05) is 23.3 Å². The molecule has 0 bridgehead atoms. The fraction of sp³-hybridized carbons (Fsp3) is 0.240. The monoisotopic (exact) mass is 563 g/mol. The van der Waals surface area contributed by atoms with E-state index < -0.39 is 12.1 Å². The number of amides is 2. The average Bonchev–Trinajstić information content (AvgIpc) is 2.84. The van der Waals surface area contributed by atoms with Crippen molar-refractivity contribution in [3.8, 4) is 0 Å². The molecule has 1 fully saturated rings. The van der Waals surface area contributed by atoms with E-state index in [-0.39, 0.29) is 11.8 Å². The smallest absolute Gasteiger partial charge is 0.430 e. The molecule has 0 aliphatic carbocycles. The third-order valence-corrected chi connectivity index (χ3v) is 6.50. The van der Waals surface area contributed by atoms with Crippen molar-refractivity contribution < 1.29 is 38.0 Å². The van der Waals surface area contributed by atoms with Crippen LogP contribution in [0.4, 0.5) is 24.5 Å². The standard InChI is InChI=1S/C23H20BrN3O2.C2HF3O2/c24-14-3-1-4-16(13-14)27-22(28)18-6-2-5-17-20(26-15-9-11-25-12-10-15)8-7-19(21(17)18)23(27)29;3-2(4,5)1(6)7/h1-8,13,15,25-26H,9-12H2;(H,6,7). The molecule has 7 nitrogen and oxygen atoms in total. The van der Waals surface area contributed by atoms with Gasteiger partial charge in [0.2, 0.25) is 0 Å². The Kier molecular flexibility index (Phi) is 7.32. The zero-order valence-electron chi connectivity index (χ0n) is 18.8. The van der Waals surface area contributed by atoms with Gasteiger partial charge in [-0.1, -0.05) is 34.1 Å². The molecular weight excluding hydrogens is 543 g/mol. The van der Waals surface area contributed by atoms with Crippen LogP contribution in [-0.4, -0.2) is 43.1 Å². The molecule has 2 amide bonds. The minimum atomic E-state index is -5.19. The second-order valence-electron chi connectivity index (χ2n) is 8.38. The van der Waals surface area contributed by atoms with Crippen molar-refractivity contribution in [2.24, 2.45) is 0 Å². The Bertz CT molecular complexity index is 1320. The number of hydrogen-bond donors (Lipinski definition) is 2. The van der Waals surface area contributed by atoms with Gasteiger partial charge in [0.15, 0.2) is 0 Å². The van der Waals surface area contributed by atoms with E-state index in [1.54, 1.807) is 12.1 Å². The quantitative estimate of drug-likeness (QED) is 0.477. The first-order valence-electron chi connectivity index (χ1n) is 11.1. The van der Waals surface area contributed by atoms with Gasteiger partial charge in [-0.15, -0.1) is 0 Å². The number of carbonyl (C=O) groups excluding carboxylic acids is 3. The molecule has 0 unspecified atom stereocenters. The van der Waals surface area contributed by atoms with E-state index in [0.717, 1.165) is 46.9 Å². The number of halogens is 4. The number of hydrogen-bond acceptors (Lipinski definition) is 5. The molecule has 0 atom stereocenters. The van der Waals surface area contributed by atoms with Crippen LogP contribution in [0.15, 0.2) is 59.1 Å². The highest BCUT2D eigenvalue weighted by atomic mass is 79.9. The molecule has 2 heterocycles. The van der Waals surface area contributed by atoms with Crippen molar-refractivity contribution in [3.05, 3.63) is 70.2 Å². The van der Waals surface area contributed by atoms with Crippen molar-refractivity contribution in [1.82, 2.24) is 0 Å². The Hall–Kier alpha value is -3.44. The second kappa shape index (κ2) is 10.3. The van der Waals surface area contributed by atoms with Crippen LogP contribution in [-0.2, 0) is 4.79 Å². The molecule has 11 heteroatoms. The van der Waals surface area contributed by atoms with Crippen molar-refractivity contribution >= 4 is 55.9 Å². The predicted molar refractivity (Wildman–Crippen MR) is 129 cm³/mol. The minimum Gasteiger partial charge on any atom is -0.542 e. The molecule has 0 aromatic heterocycles. The fourth-order valence-electron chi connectivity index (χ4n) is 4.36. The summed E-state index contributed by atoms with van der Waals surface area (Å²) in [6, 6.07) is 17.2. The molecule has 2 aliphatic rings. The van der Waals surface area contributed by atoms with Crippen molar-refractivity contribution in [1.29, 1.82) is 0 Å². The van der Waals surface area contributed by atoms with Gasteiger partial charge >= 0.3 is 6.18 Å². The van der Waals surface area contributed by atoms with E-state index in [1.807, 2.05) is 42.5 Å². The molecule has 0 saturated carbocycles. The third kappa shape index (κ3) is 5.21. The van der Waals surface area contributed by atoms with Crippen LogP contribution in [0, 0.1) is 0 Å². The first-order chi connectivity index (χ1) is 17.1. The second-order valence-corrected chi connectivity index (χ2v) is 9.30. The Morgan fingerprint density at radius 2 is 1.61 bits per heavy atom. The fourth-order valence-corrected chi connectivity index (χ4v) is 4.75. The van der Waals surface area contributed by atoms with Gasteiger partial charge < -0.3 is 20.5 Å². The Morgan fingerprint density at radius 1 is 1.00 bits per heavy atom. The molecule has 2 aliphatic heterocycles. The van der Waals surface area contributed by atoms with E-state index in [2.05, 4.69) is 26.6 Å². The van der Waals surface area contributed by atoms with Gasteiger partial charge in [0.25, 0.3) is 11.8 Å². The molecule has 36 heavy (non-hydrogen) atoms. The molecule has 3 N–H and O–H groups in total. The summed E-state index contributed by atoms with van der Waals surface area (Å²) >= 11 is 3.43. The highest BCUT2D eigenvalue weighted by molar-refractivity contribution is 9.10. The Morgan fingerprint density at radius 3 is 2.22 bits per heavy atom. The number of nitrogens with zero attached hydrogens (tertiary/aromatic N) is 1. The van der Waals surface area contributed by atoms with Crippen LogP contribution < -0.4 is 20.6 Å². The molecule has 0 spiro atoms. The van der Waals surface area contributed by atoms with Crippen LogP contribution >= 0.6 is 15.9 Å². The zero-order chi connectivity index (χ0) is 26.0. The summed E-state index contributed by atoms with van der Waals surface area (Å²) in [5.74, 6) is -3.57. The Labute approximate surface area is 212 Å². The number of nitrogens with two attached hydrogens (primary N) is 1. The van der Waals surface area contributed by atoms with Crippen LogP contribution in [0.5, 0.6) is 0 Å². The number of aliphatic carboxylic acids is 1. The molecule has 5 rings (SSSR count). The molecule has 3 aromatic rings. The lowest BCUT2D eigenvalue weighted by molar-refractivity contribution is -0.662. The van der Waals surface area contributed by atoms with Gasteiger partial charge in [-0.2, -0.15) is 13.2 Å². The number of carboxylic acid groups (broad SMARTS) is 1. The van der Waals surface area contributed by atoms with Crippen LogP contribution in [0.1, 0.15) is 33.6 Å². The van der Waals surface area contributed by atoms with Crippen LogP contribution in [0.3, 0.4) is 0 Å². The van der Waals surface area contributed by atoms with Gasteiger partial charge in [0.1, 0.15) is 5.97 Å². The van der Waals surface area contributed by atoms with E-state index >= 15 is 0 Å². The number of alkyl halides is 3. The minimum absolute atomic E-state index is 0.282. The summed E-state index contributed by atoms with van der Waals surface area (Å²) in [6.45, 7) is 2.25. The number of quaternary nitrogens is 1. The van der Waals surface area contributed by atoms with Crippen LogP contribution in [0.25, 0.3) is 10.8 Å². The molecule has 188 valence electrons. The molecule has 1 saturated heterocycles. The summed E-state index contributed by atoms with van der Waals surface area (Å²) < 4.78 is 32.4. The molecule has 3 aromatic carbocycles. The maximum atomic E-state index is 13.3. The lowest BCUT2D eigenvalue weighted by Gasteiger charge is -2.29. The number of benzene rings is 3. The number of rotatable bonds is 3. The van der Waals surface area contributed by atoms with Gasteiger partial charge in [0, 0.05) is 50.9 Å². The van der Waals surface area contributed by atoms with E-state index in [4.69, 9.17) is 9.90 Å².